The van der Waals surface area contributed by atoms with Crippen LogP contribution in [0.1, 0.15) is 6.92 Å². The smallest absolute Gasteiger partial charge is 0.425 e. The largest absolute Gasteiger partial charge is 0.465 e. The first-order valence-corrected chi connectivity index (χ1v) is 7.13. The maximum atomic E-state index is 11.7. The minimum atomic E-state index is -0.652. The van der Waals surface area contributed by atoms with Gasteiger partial charge in [-0.1, -0.05) is 23.5 Å². The Morgan fingerprint density at radius 2 is 2.05 bits per heavy atom. The number of esters is 1. The molecule has 0 aromatic carbocycles. The second kappa shape index (κ2) is 7.95. The summed E-state index contributed by atoms with van der Waals surface area (Å²) < 4.78 is 9.93. The highest BCUT2D eigenvalue weighted by molar-refractivity contribution is 8.40. The van der Waals surface area contributed by atoms with Crippen molar-refractivity contribution >= 4 is 40.0 Å². The topological polar surface area (TPSA) is 89.0 Å². The van der Waals surface area contributed by atoms with Crippen molar-refractivity contribution in [1.82, 2.24) is 10.9 Å². The Hall–Kier alpha value is -1.35. The van der Waals surface area contributed by atoms with Crippen LogP contribution in [0.4, 0.5) is 4.79 Å². The fourth-order valence-electron chi connectivity index (χ4n) is 1.08. The predicted octanol–water partition coefficient (Wildman–Crippen LogP) is 1.09. The molecule has 0 saturated carbocycles. The minimum Gasteiger partial charge on any atom is -0.465 e. The highest BCUT2D eigenvalue weighted by Gasteiger charge is 2.20. The summed E-state index contributed by atoms with van der Waals surface area (Å²) in [5.74, 6) is 0.417. The van der Waals surface area contributed by atoms with Crippen molar-refractivity contribution in [3.8, 4) is 0 Å². The Morgan fingerprint density at radius 1 is 1.32 bits per heavy atom. The molecule has 0 fully saturated rings. The van der Waals surface area contributed by atoms with Crippen LogP contribution in [0.2, 0.25) is 0 Å². The normalized spacial score (nSPS) is 15.2. The first-order chi connectivity index (χ1) is 9.08. The average molecular weight is 305 g/mol. The van der Waals surface area contributed by atoms with E-state index >= 15 is 0 Å². The number of allylic oxidation sites excluding steroid dienone is 1. The molecular formula is C10H15N3O4S2. The molecule has 0 aromatic rings. The second-order valence-electron chi connectivity index (χ2n) is 3.29. The molecule has 1 rings (SSSR count). The van der Waals surface area contributed by atoms with E-state index in [-0.39, 0.29) is 0 Å². The van der Waals surface area contributed by atoms with Gasteiger partial charge < -0.3 is 9.47 Å². The zero-order chi connectivity index (χ0) is 14.3. The van der Waals surface area contributed by atoms with Gasteiger partial charge >= 0.3 is 12.1 Å². The van der Waals surface area contributed by atoms with Gasteiger partial charge in [0.2, 0.25) is 0 Å². The van der Waals surface area contributed by atoms with E-state index in [1.54, 1.807) is 18.7 Å². The Balaban J connectivity index is 2.75. The molecule has 1 aliphatic rings. The lowest BCUT2D eigenvalue weighted by molar-refractivity contribution is -0.135. The minimum absolute atomic E-state index is 0.340. The monoisotopic (exact) mass is 305 g/mol. The van der Waals surface area contributed by atoms with Crippen molar-refractivity contribution in [2.75, 3.05) is 26.5 Å². The molecule has 1 aliphatic heterocycles. The zero-order valence-electron chi connectivity index (χ0n) is 10.8. The number of nitrogens with zero attached hydrogens (tertiary/aromatic N) is 1. The molecule has 2 N–H and O–H groups in total. The highest BCUT2D eigenvalue weighted by atomic mass is 32.2. The molecular weight excluding hydrogens is 290 g/mol. The fourth-order valence-corrected chi connectivity index (χ4v) is 3.06. The summed E-state index contributed by atoms with van der Waals surface area (Å²) in [7, 11) is 2.55. The van der Waals surface area contributed by atoms with Gasteiger partial charge in [-0.25, -0.2) is 15.0 Å². The molecule has 0 bridgehead atoms. The first-order valence-electron chi connectivity index (χ1n) is 5.32. The molecule has 0 unspecified atom stereocenters. The molecule has 0 spiro atoms. The van der Waals surface area contributed by atoms with Crippen LogP contribution < -0.4 is 10.9 Å². The van der Waals surface area contributed by atoms with E-state index in [0.717, 1.165) is 16.7 Å². The number of aliphatic imine (C=N–C) groups is 1. The van der Waals surface area contributed by atoms with E-state index in [1.807, 2.05) is 0 Å². The van der Waals surface area contributed by atoms with Gasteiger partial charge in [0, 0.05) is 11.4 Å². The van der Waals surface area contributed by atoms with Gasteiger partial charge in [-0.15, -0.1) is 0 Å². The number of hydrogen-bond donors (Lipinski definition) is 2. The lowest BCUT2D eigenvalue weighted by Crippen LogP contribution is -2.36. The van der Waals surface area contributed by atoms with Crippen LogP contribution in [0.5, 0.6) is 0 Å². The SMILES string of the molecule is COC(=O)NN/C(C)=C(\SC1=NCCS1)C(=O)OC. The van der Waals surface area contributed by atoms with Crippen molar-refractivity contribution in [2.24, 2.45) is 4.99 Å². The van der Waals surface area contributed by atoms with Crippen LogP contribution >= 0.6 is 23.5 Å². The molecule has 106 valence electrons. The lowest BCUT2D eigenvalue weighted by atomic mass is 10.4. The lowest BCUT2D eigenvalue weighted by Gasteiger charge is -2.12. The summed E-state index contributed by atoms with van der Waals surface area (Å²) in [4.78, 5) is 27.2. The highest BCUT2D eigenvalue weighted by Crippen LogP contribution is 2.30. The summed E-state index contributed by atoms with van der Waals surface area (Å²) in [5.41, 5.74) is 5.33. The van der Waals surface area contributed by atoms with Crippen molar-refractivity contribution in [3.63, 3.8) is 0 Å². The number of rotatable bonds is 4. The van der Waals surface area contributed by atoms with E-state index in [2.05, 4.69) is 20.6 Å². The third kappa shape index (κ3) is 5.03. The number of carbonyl (C=O) groups is 2. The van der Waals surface area contributed by atoms with Gasteiger partial charge in [0.05, 0.1) is 20.8 Å². The fraction of sp³-hybridized carbons (Fsp3) is 0.500. The molecule has 1 heterocycles. The molecule has 7 nitrogen and oxygen atoms in total. The van der Waals surface area contributed by atoms with Crippen molar-refractivity contribution < 1.29 is 19.1 Å². The molecule has 19 heavy (non-hydrogen) atoms. The quantitative estimate of drug-likeness (QED) is 0.456. The zero-order valence-corrected chi connectivity index (χ0v) is 12.4. The van der Waals surface area contributed by atoms with Gasteiger partial charge in [-0.3, -0.25) is 10.4 Å². The van der Waals surface area contributed by atoms with Crippen LogP contribution in [0.25, 0.3) is 0 Å². The molecule has 0 aromatic heterocycles. The standard InChI is InChI=1S/C10H15N3O4S2/c1-6(12-13-9(15)17-3)7(8(14)16-2)19-10-11-4-5-18-10/h12H,4-5H2,1-3H3,(H,13,15)/b7-6-. The molecule has 0 saturated heterocycles. The molecule has 0 radical (unpaired) electrons. The van der Waals surface area contributed by atoms with E-state index < -0.39 is 12.1 Å². The van der Waals surface area contributed by atoms with Crippen LogP contribution in [0, 0.1) is 0 Å². The number of thioether (sulfide) groups is 2. The summed E-state index contributed by atoms with van der Waals surface area (Å²) >= 11 is 2.79. The number of carbonyl (C=O) groups excluding carboxylic acids is 2. The molecule has 1 amide bonds. The average Bonchev–Trinajstić information content (AvgIpc) is 2.93. The summed E-state index contributed by atoms with van der Waals surface area (Å²) in [5, 5.41) is 0. The van der Waals surface area contributed by atoms with Crippen LogP contribution in [-0.2, 0) is 14.3 Å². The maximum absolute atomic E-state index is 11.7. The summed E-state index contributed by atoms with van der Waals surface area (Å²) in [6.45, 7) is 2.39. The van der Waals surface area contributed by atoms with Crippen LogP contribution in [-0.4, -0.2) is 43.0 Å². The van der Waals surface area contributed by atoms with E-state index in [0.29, 0.717) is 10.6 Å². The van der Waals surface area contributed by atoms with E-state index in [4.69, 9.17) is 4.74 Å². The first kappa shape index (κ1) is 15.7. The van der Waals surface area contributed by atoms with Gasteiger partial charge in [0.25, 0.3) is 0 Å². The molecule has 0 atom stereocenters. The third-order valence-electron chi connectivity index (χ3n) is 2.00. The van der Waals surface area contributed by atoms with Crippen LogP contribution in [0.15, 0.2) is 15.6 Å². The van der Waals surface area contributed by atoms with E-state index in [9.17, 15) is 9.59 Å². The van der Waals surface area contributed by atoms with Crippen molar-refractivity contribution in [1.29, 1.82) is 0 Å². The van der Waals surface area contributed by atoms with Crippen molar-refractivity contribution in [3.05, 3.63) is 10.6 Å². The number of amides is 1. The Bertz CT molecular complexity index is 423. The number of hydrogen-bond acceptors (Lipinski definition) is 8. The Morgan fingerprint density at radius 3 is 2.58 bits per heavy atom. The van der Waals surface area contributed by atoms with E-state index in [1.165, 1.54) is 26.0 Å². The van der Waals surface area contributed by atoms with Crippen molar-refractivity contribution in [2.45, 2.75) is 6.92 Å². The third-order valence-corrected chi connectivity index (χ3v) is 4.34. The van der Waals surface area contributed by atoms with Gasteiger partial charge in [0.15, 0.2) is 0 Å². The second-order valence-corrected chi connectivity index (χ2v) is 5.63. The predicted molar refractivity (Wildman–Crippen MR) is 75.7 cm³/mol. The van der Waals surface area contributed by atoms with Gasteiger partial charge in [0.1, 0.15) is 9.28 Å². The number of hydrazine groups is 1. The molecule has 0 aliphatic carbocycles. The maximum Gasteiger partial charge on any atom is 0.425 e. The Labute approximate surface area is 119 Å². The number of ether oxygens (including phenoxy) is 2. The van der Waals surface area contributed by atoms with Gasteiger partial charge in [-0.05, 0) is 6.92 Å². The molecule has 9 heteroatoms. The summed E-state index contributed by atoms with van der Waals surface area (Å²) in [6.07, 6.45) is -0.652. The Kier molecular flexibility index (Phi) is 6.57. The number of methoxy groups -OCH3 is 2. The van der Waals surface area contributed by atoms with Gasteiger partial charge in [-0.2, -0.15) is 0 Å². The van der Waals surface area contributed by atoms with Crippen LogP contribution in [0.3, 0.4) is 0 Å². The summed E-state index contributed by atoms with van der Waals surface area (Å²) in [6, 6.07) is 0. The number of nitrogens with one attached hydrogen (secondary N) is 2.